The molecule has 0 unspecified atom stereocenters. The molecule has 0 bridgehead atoms. The zero-order valence-corrected chi connectivity index (χ0v) is 14.5. The van der Waals surface area contributed by atoms with Crippen LogP contribution in [0.15, 0.2) is 48.9 Å². The molecule has 0 amide bonds. The van der Waals surface area contributed by atoms with Gasteiger partial charge >= 0.3 is 0 Å². The summed E-state index contributed by atoms with van der Waals surface area (Å²) in [5.74, 6) is 1.21. The first-order valence-corrected chi connectivity index (χ1v) is 8.41. The van der Waals surface area contributed by atoms with Crippen LogP contribution in [0, 0.1) is 5.82 Å². The highest BCUT2D eigenvalue weighted by Gasteiger charge is 2.16. The van der Waals surface area contributed by atoms with E-state index in [1.807, 2.05) is 18.5 Å². The van der Waals surface area contributed by atoms with Gasteiger partial charge in [0.2, 0.25) is 0 Å². The summed E-state index contributed by atoms with van der Waals surface area (Å²) < 4.78 is 17.7. The first-order chi connectivity index (χ1) is 12.7. The van der Waals surface area contributed by atoms with Crippen molar-refractivity contribution in [1.29, 1.82) is 0 Å². The monoisotopic (exact) mass is 351 g/mol. The van der Waals surface area contributed by atoms with Gasteiger partial charge in [0.15, 0.2) is 5.65 Å². The second-order valence-electron chi connectivity index (χ2n) is 5.91. The third-order valence-electron chi connectivity index (χ3n) is 4.21. The quantitative estimate of drug-likeness (QED) is 0.597. The van der Waals surface area contributed by atoms with Gasteiger partial charge in [0.25, 0.3) is 0 Å². The largest absolute Gasteiger partial charge is 0.360 e. The third kappa shape index (κ3) is 2.79. The highest BCUT2D eigenvalue weighted by Crippen LogP contribution is 2.26. The molecule has 3 aromatic heterocycles. The third-order valence-corrected chi connectivity index (χ3v) is 4.21. The van der Waals surface area contributed by atoms with E-state index in [-0.39, 0.29) is 11.9 Å². The summed E-state index contributed by atoms with van der Waals surface area (Å²) in [4.78, 5) is 8.85. The molecule has 3 heterocycles. The van der Waals surface area contributed by atoms with Gasteiger partial charge in [0, 0.05) is 24.2 Å². The average Bonchev–Trinajstić information content (AvgIpc) is 3.31. The summed E-state index contributed by atoms with van der Waals surface area (Å²) in [6, 6.07) is 10.1. The molecule has 0 aliphatic carbocycles. The second kappa shape index (κ2) is 6.55. The van der Waals surface area contributed by atoms with Crippen molar-refractivity contribution in [2.75, 3.05) is 5.32 Å². The molecule has 0 saturated heterocycles. The predicted octanol–water partition coefficient (Wildman–Crippen LogP) is 3.32. The highest BCUT2D eigenvalue weighted by molar-refractivity contribution is 5.67. The van der Waals surface area contributed by atoms with Crippen molar-refractivity contribution in [3.63, 3.8) is 0 Å². The SMILES string of the molecule is CCn1ncnc1[C@H](C)Nc1cc(-c2ccccc2F)nc2ccnn12. The lowest BCUT2D eigenvalue weighted by atomic mass is 10.1. The summed E-state index contributed by atoms with van der Waals surface area (Å²) >= 11 is 0. The number of hydrogen-bond donors (Lipinski definition) is 1. The van der Waals surface area contributed by atoms with Gasteiger partial charge < -0.3 is 5.32 Å². The fourth-order valence-corrected chi connectivity index (χ4v) is 2.96. The Kier molecular flexibility index (Phi) is 4.08. The Bertz CT molecular complexity index is 1050. The molecule has 0 aliphatic heterocycles. The number of halogens is 1. The molecule has 1 atom stereocenters. The smallest absolute Gasteiger partial charge is 0.157 e. The molecule has 132 valence electrons. The standard InChI is InChI=1S/C18H18FN7/c1-3-25-18(20-11-22-25)12(2)23-17-10-15(13-6-4-5-7-14(13)19)24-16-8-9-21-26(16)17/h4-12,23H,3H2,1-2H3/t12-/m0/s1. The number of aryl methyl sites for hydroxylation is 1. The van der Waals surface area contributed by atoms with E-state index in [2.05, 4.69) is 25.5 Å². The summed E-state index contributed by atoms with van der Waals surface area (Å²) in [5, 5.41) is 11.9. The van der Waals surface area contributed by atoms with E-state index in [1.165, 1.54) is 12.4 Å². The normalized spacial score (nSPS) is 12.4. The number of nitrogens with one attached hydrogen (secondary N) is 1. The maximum Gasteiger partial charge on any atom is 0.157 e. The number of hydrogen-bond acceptors (Lipinski definition) is 5. The zero-order valence-electron chi connectivity index (χ0n) is 14.5. The summed E-state index contributed by atoms with van der Waals surface area (Å²) in [7, 11) is 0. The van der Waals surface area contributed by atoms with Gasteiger partial charge in [-0.2, -0.15) is 14.7 Å². The lowest BCUT2D eigenvalue weighted by Gasteiger charge is -2.17. The van der Waals surface area contributed by atoms with Crippen LogP contribution in [-0.4, -0.2) is 29.4 Å². The fourth-order valence-electron chi connectivity index (χ4n) is 2.96. The lowest BCUT2D eigenvalue weighted by Crippen LogP contribution is -2.16. The van der Waals surface area contributed by atoms with Gasteiger partial charge in [-0.3, -0.25) is 0 Å². The number of anilines is 1. The molecular formula is C18H18FN7. The van der Waals surface area contributed by atoms with Crippen LogP contribution >= 0.6 is 0 Å². The van der Waals surface area contributed by atoms with Gasteiger partial charge in [-0.15, -0.1) is 0 Å². The van der Waals surface area contributed by atoms with Crippen molar-refractivity contribution in [3.05, 3.63) is 60.6 Å². The summed E-state index contributed by atoms with van der Waals surface area (Å²) in [6.45, 7) is 4.74. The molecule has 8 heteroatoms. The predicted molar refractivity (Wildman–Crippen MR) is 96.1 cm³/mol. The number of aromatic nitrogens is 6. The molecule has 0 spiro atoms. The van der Waals surface area contributed by atoms with Gasteiger partial charge in [-0.1, -0.05) is 12.1 Å². The highest BCUT2D eigenvalue weighted by atomic mass is 19.1. The van der Waals surface area contributed by atoms with Crippen LogP contribution in [0.3, 0.4) is 0 Å². The van der Waals surface area contributed by atoms with Gasteiger partial charge in [0.05, 0.1) is 17.9 Å². The Balaban J connectivity index is 1.77. The van der Waals surface area contributed by atoms with Crippen LogP contribution in [0.25, 0.3) is 16.9 Å². The van der Waals surface area contributed by atoms with Gasteiger partial charge in [-0.05, 0) is 26.0 Å². The van der Waals surface area contributed by atoms with Crippen LogP contribution < -0.4 is 5.32 Å². The molecule has 26 heavy (non-hydrogen) atoms. The van der Waals surface area contributed by atoms with Crippen molar-refractivity contribution >= 4 is 11.5 Å². The molecule has 0 radical (unpaired) electrons. The van der Waals surface area contributed by atoms with Crippen molar-refractivity contribution in [3.8, 4) is 11.3 Å². The summed E-state index contributed by atoms with van der Waals surface area (Å²) in [5.41, 5.74) is 1.63. The molecule has 7 nitrogen and oxygen atoms in total. The minimum atomic E-state index is -0.311. The van der Waals surface area contributed by atoms with Crippen LogP contribution in [0.5, 0.6) is 0 Å². The molecular weight excluding hydrogens is 333 g/mol. The van der Waals surface area contributed by atoms with Crippen LogP contribution in [0.4, 0.5) is 10.2 Å². The van der Waals surface area contributed by atoms with E-state index in [4.69, 9.17) is 0 Å². The topological polar surface area (TPSA) is 72.9 Å². The Hall–Kier alpha value is -3.29. The molecule has 1 aromatic carbocycles. The Morgan fingerprint density at radius 3 is 2.85 bits per heavy atom. The summed E-state index contributed by atoms with van der Waals surface area (Å²) in [6.07, 6.45) is 3.20. The minimum absolute atomic E-state index is 0.110. The van der Waals surface area contributed by atoms with E-state index in [9.17, 15) is 4.39 Å². The number of fused-ring (bicyclic) bond motifs is 1. The second-order valence-corrected chi connectivity index (χ2v) is 5.91. The van der Waals surface area contributed by atoms with Gasteiger partial charge in [0.1, 0.15) is 23.8 Å². The van der Waals surface area contributed by atoms with Crippen LogP contribution in [0.2, 0.25) is 0 Å². The Labute approximate surface area is 149 Å². The van der Waals surface area contributed by atoms with Crippen molar-refractivity contribution in [1.82, 2.24) is 29.4 Å². The van der Waals surface area contributed by atoms with Crippen LogP contribution in [0.1, 0.15) is 25.7 Å². The number of rotatable bonds is 5. The van der Waals surface area contributed by atoms with Crippen LogP contribution in [-0.2, 0) is 6.54 Å². The molecule has 4 rings (SSSR count). The zero-order chi connectivity index (χ0) is 18.1. The number of nitrogens with zero attached hydrogens (tertiary/aromatic N) is 6. The van der Waals surface area contributed by atoms with Crippen molar-refractivity contribution in [2.45, 2.75) is 26.4 Å². The van der Waals surface area contributed by atoms with E-state index in [0.717, 1.165) is 12.4 Å². The lowest BCUT2D eigenvalue weighted by molar-refractivity contribution is 0.591. The Morgan fingerprint density at radius 1 is 1.19 bits per heavy atom. The average molecular weight is 351 g/mol. The van der Waals surface area contributed by atoms with E-state index >= 15 is 0 Å². The van der Waals surface area contributed by atoms with Crippen molar-refractivity contribution < 1.29 is 4.39 Å². The maximum atomic E-state index is 14.2. The van der Waals surface area contributed by atoms with Gasteiger partial charge in [-0.25, -0.2) is 19.0 Å². The van der Waals surface area contributed by atoms with Crippen molar-refractivity contribution in [2.24, 2.45) is 0 Å². The molecule has 4 aromatic rings. The van der Waals surface area contributed by atoms with E-state index < -0.39 is 0 Å². The number of benzene rings is 1. The first kappa shape index (κ1) is 16.2. The van der Waals surface area contributed by atoms with E-state index in [0.29, 0.717) is 22.7 Å². The van der Waals surface area contributed by atoms with E-state index in [1.54, 1.807) is 41.0 Å². The molecule has 0 saturated carbocycles. The maximum absolute atomic E-state index is 14.2. The Morgan fingerprint density at radius 2 is 2.04 bits per heavy atom. The fraction of sp³-hybridized carbons (Fsp3) is 0.222. The molecule has 1 N–H and O–H groups in total. The first-order valence-electron chi connectivity index (χ1n) is 8.41. The molecule has 0 aliphatic rings. The molecule has 0 fully saturated rings. The minimum Gasteiger partial charge on any atom is -0.360 e.